The molecule has 33 heavy (non-hydrogen) atoms. The molecule has 3 aromatic rings. The number of carbonyl (C=O) groups is 1. The summed E-state index contributed by atoms with van der Waals surface area (Å²) in [4.78, 5) is 21.3. The van der Waals surface area contributed by atoms with Gasteiger partial charge >= 0.3 is 5.97 Å². The molecule has 0 atom stereocenters. The number of nitrogens with zero attached hydrogens (tertiary/aromatic N) is 2. The van der Waals surface area contributed by atoms with Crippen LogP contribution >= 0.6 is 11.6 Å². The van der Waals surface area contributed by atoms with Crippen molar-refractivity contribution in [1.82, 2.24) is 9.97 Å². The van der Waals surface area contributed by atoms with Gasteiger partial charge in [-0.25, -0.2) is 0 Å². The third kappa shape index (κ3) is 6.00. The molecule has 4 nitrogen and oxygen atoms in total. The van der Waals surface area contributed by atoms with Crippen molar-refractivity contribution in [1.29, 1.82) is 0 Å². The summed E-state index contributed by atoms with van der Waals surface area (Å²) >= 11 is 6.63. The Bertz CT molecular complexity index is 1130. The molecule has 0 aliphatic heterocycles. The second-order valence-electron chi connectivity index (χ2n) is 9.88. The molecular weight excluding hydrogens is 432 g/mol. The Morgan fingerprint density at radius 1 is 1.00 bits per heavy atom. The van der Waals surface area contributed by atoms with Gasteiger partial charge < -0.3 is 4.74 Å². The number of hydrogen-bond donors (Lipinski definition) is 0. The summed E-state index contributed by atoms with van der Waals surface area (Å²) in [5, 5.41) is 0.599. The number of carbonyl (C=O) groups excluding carboxylic acids is 1. The molecule has 172 valence electrons. The molecule has 1 aliphatic rings. The van der Waals surface area contributed by atoms with Crippen molar-refractivity contribution < 1.29 is 9.53 Å². The first kappa shape index (κ1) is 23.4. The first-order valence-electron chi connectivity index (χ1n) is 11.7. The number of esters is 1. The summed E-state index contributed by atoms with van der Waals surface area (Å²) in [7, 11) is 0. The van der Waals surface area contributed by atoms with Gasteiger partial charge in [-0.15, -0.1) is 0 Å². The van der Waals surface area contributed by atoms with Crippen LogP contribution in [0.1, 0.15) is 64.1 Å². The summed E-state index contributed by atoms with van der Waals surface area (Å²) in [6.45, 7) is 6.46. The van der Waals surface area contributed by atoms with E-state index >= 15 is 0 Å². The van der Waals surface area contributed by atoms with E-state index in [1.165, 1.54) is 6.42 Å². The number of hydrogen-bond acceptors (Lipinski definition) is 4. The van der Waals surface area contributed by atoms with Gasteiger partial charge in [0.25, 0.3) is 0 Å². The van der Waals surface area contributed by atoms with E-state index in [1.807, 2.05) is 42.9 Å². The van der Waals surface area contributed by atoms with Gasteiger partial charge in [-0.1, -0.05) is 50.9 Å². The van der Waals surface area contributed by atoms with Crippen LogP contribution in [0.5, 0.6) is 0 Å². The quantitative estimate of drug-likeness (QED) is 0.377. The second-order valence-corrected chi connectivity index (χ2v) is 10.3. The summed E-state index contributed by atoms with van der Waals surface area (Å²) in [6, 6.07) is 12.0. The first-order chi connectivity index (χ1) is 15.8. The lowest BCUT2D eigenvalue weighted by Crippen LogP contribution is -2.21. The van der Waals surface area contributed by atoms with Crippen molar-refractivity contribution >= 4 is 17.6 Å². The summed E-state index contributed by atoms with van der Waals surface area (Å²) < 4.78 is 5.65. The summed E-state index contributed by atoms with van der Waals surface area (Å²) in [5.41, 5.74) is 5.77. The van der Waals surface area contributed by atoms with E-state index in [0.717, 1.165) is 59.2 Å². The minimum atomic E-state index is -0.179. The molecule has 1 aliphatic carbocycles. The van der Waals surface area contributed by atoms with Crippen molar-refractivity contribution in [3.05, 3.63) is 71.3 Å². The maximum absolute atomic E-state index is 12.4. The third-order valence-corrected chi connectivity index (χ3v) is 6.46. The Morgan fingerprint density at radius 2 is 1.76 bits per heavy atom. The Morgan fingerprint density at radius 3 is 2.48 bits per heavy atom. The van der Waals surface area contributed by atoms with Gasteiger partial charge in [0.05, 0.1) is 6.42 Å². The van der Waals surface area contributed by atoms with Gasteiger partial charge in [0, 0.05) is 51.4 Å². The zero-order chi connectivity index (χ0) is 23.4. The van der Waals surface area contributed by atoms with E-state index in [0.29, 0.717) is 5.02 Å². The third-order valence-electron chi connectivity index (χ3n) is 6.14. The fraction of sp³-hybridized carbons (Fsp3) is 0.393. The molecule has 1 fully saturated rings. The minimum Gasteiger partial charge on any atom is -0.462 e. The number of halogens is 1. The van der Waals surface area contributed by atoms with E-state index in [-0.39, 0.29) is 23.9 Å². The zero-order valence-corrected chi connectivity index (χ0v) is 20.4. The van der Waals surface area contributed by atoms with Crippen LogP contribution < -0.4 is 0 Å². The molecule has 0 unspecified atom stereocenters. The number of pyridine rings is 2. The van der Waals surface area contributed by atoms with Gasteiger partial charge in [0.1, 0.15) is 6.10 Å². The number of benzene rings is 1. The number of rotatable bonds is 5. The van der Waals surface area contributed by atoms with Crippen LogP contribution in [0.3, 0.4) is 0 Å². The molecule has 0 N–H and O–H groups in total. The molecule has 1 saturated carbocycles. The maximum Gasteiger partial charge on any atom is 0.310 e. The highest BCUT2D eigenvalue weighted by atomic mass is 35.5. The van der Waals surface area contributed by atoms with Gasteiger partial charge in [0.15, 0.2) is 0 Å². The van der Waals surface area contributed by atoms with Gasteiger partial charge in [-0.3, -0.25) is 14.8 Å². The van der Waals surface area contributed by atoms with E-state index in [1.54, 1.807) is 0 Å². The largest absolute Gasteiger partial charge is 0.462 e. The van der Waals surface area contributed by atoms with Crippen molar-refractivity contribution in [2.75, 3.05) is 0 Å². The Hall–Kier alpha value is -2.72. The standard InChI is InChI=1S/C28H31ClN2O2/c1-28(2,3)26-16-20(11-12-31-26)21-15-22(18-30-17-21)24-10-9-19(13-25(24)29)14-27(32)33-23-7-5-4-6-8-23/h9-13,15-18,23H,4-8,14H2,1-3H3. The predicted octanol–water partition coefficient (Wildman–Crippen LogP) is 7.18. The molecule has 0 saturated heterocycles. The van der Waals surface area contributed by atoms with Crippen LogP contribution in [0.25, 0.3) is 22.3 Å². The number of ether oxygens (including phenoxy) is 1. The van der Waals surface area contributed by atoms with Crippen molar-refractivity contribution in [2.45, 2.75) is 70.8 Å². The highest BCUT2D eigenvalue weighted by Gasteiger charge is 2.19. The SMILES string of the molecule is CC(C)(C)c1cc(-c2cncc(-c3ccc(CC(=O)OC4CCCCC4)cc3Cl)c2)ccn1. The fourth-order valence-electron chi connectivity index (χ4n) is 4.25. The van der Waals surface area contributed by atoms with Gasteiger partial charge in [-0.05, 0) is 61.1 Å². The van der Waals surface area contributed by atoms with Crippen LogP contribution in [0, 0.1) is 0 Å². The molecule has 2 heterocycles. The van der Waals surface area contributed by atoms with E-state index in [9.17, 15) is 4.79 Å². The minimum absolute atomic E-state index is 0.0294. The van der Waals surface area contributed by atoms with E-state index in [4.69, 9.17) is 16.3 Å². The monoisotopic (exact) mass is 462 g/mol. The van der Waals surface area contributed by atoms with Crippen LogP contribution in [0.2, 0.25) is 5.02 Å². The molecule has 2 aromatic heterocycles. The lowest BCUT2D eigenvalue weighted by Gasteiger charge is -2.21. The van der Waals surface area contributed by atoms with Crippen molar-refractivity contribution in [2.24, 2.45) is 0 Å². The highest BCUT2D eigenvalue weighted by molar-refractivity contribution is 6.33. The van der Waals surface area contributed by atoms with Crippen molar-refractivity contribution in [3.63, 3.8) is 0 Å². The Labute approximate surface area is 201 Å². The molecule has 0 spiro atoms. The molecule has 1 aromatic carbocycles. The van der Waals surface area contributed by atoms with Gasteiger partial charge in [0.2, 0.25) is 0 Å². The molecule has 0 radical (unpaired) electrons. The maximum atomic E-state index is 12.4. The smallest absolute Gasteiger partial charge is 0.310 e. The highest BCUT2D eigenvalue weighted by Crippen LogP contribution is 2.32. The first-order valence-corrected chi connectivity index (χ1v) is 12.1. The molecule has 4 rings (SSSR count). The average Bonchev–Trinajstić information content (AvgIpc) is 2.79. The topological polar surface area (TPSA) is 52.1 Å². The van der Waals surface area contributed by atoms with Crippen LogP contribution in [-0.4, -0.2) is 22.0 Å². The second kappa shape index (κ2) is 10.0. The normalized spacial score (nSPS) is 14.8. The van der Waals surface area contributed by atoms with Crippen LogP contribution in [-0.2, 0) is 21.4 Å². The van der Waals surface area contributed by atoms with Gasteiger partial charge in [-0.2, -0.15) is 0 Å². The Kier molecular flexibility index (Phi) is 7.14. The number of aromatic nitrogens is 2. The van der Waals surface area contributed by atoms with Crippen LogP contribution in [0.15, 0.2) is 55.0 Å². The van der Waals surface area contributed by atoms with Crippen LogP contribution in [0.4, 0.5) is 0 Å². The molecular formula is C28H31ClN2O2. The summed E-state index contributed by atoms with van der Waals surface area (Å²) in [5.74, 6) is -0.179. The lowest BCUT2D eigenvalue weighted by molar-refractivity contribution is -0.149. The fourth-order valence-corrected chi connectivity index (χ4v) is 4.56. The van der Waals surface area contributed by atoms with E-state index < -0.39 is 0 Å². The average molecular weight is 463 g/mol. The van der Waals surface area contributed by atoms with E-state index in [2.05, 4.69) is 42.9 Å². The molecule has 0 amide bonds. The summed E-state index contributed by atoms with van der Waals surface area (Å²) in [6.07, 6.45) is 11.3. The predicted molar refractivity (Wildman–Crippen MR) is 133 cm³/mol. The molecule has 0 bridgehead atoms. The zero-order valence-electron chi connectivity index (χ0n) is 19.6. The lowest BCUT2D eigenvalue weighted by atomic mass is 9.90. The molecule has 5 heteroatoms. The van der Waals surface area contributed by atoms with Crippen molar-refractivity contribution in [3.8, 4) is 22.3 Å². The Balaban J connectivity index is 1.51.